The van der Waals surface area contributed by atoms with Crippen molar-refractivity contribution in [3.05, 3.63) is 30.5 Å². The van der Waals surface area contributed by atoms with Gasteiger partial charge >= 0.3 is 0 Å². The van der Waals surface area contributed by atoms with Crippen LogP contribution in [0.3, 0.4) is 0 Å². The summed E-state index contributed by atoms with van der Waals surface area (Å²) in [6.07, 6.45) is 1.87. The number of hydrogen-bond donors (Lipinski definition) is 3. The quantitative estimate of drug-likeness (QED) is 0.752. The van der Waals surface area contributed by atoms with Crippen LogP contribution in [0.1, 0.15) is 13.8 Å². The van der Waals surface area contributed by atoms with E-state index in [1.807, 2.05) is 37.5 Å². The Morgan fingerprint density at radius 1 is 1.22 bits per heavy atom. The van der Waals surface area contributed by atoms with Gasteiger partial charge in [-0.15, -0.1) is 10.2 Å². The van der Waals surface area contributed by atoms with Crippen LogP contribution in [-0.2, 0) is 0 Å². The third kappa shape index (κ3) is 3.07. The molecule has 18 heavy (non-hydrogen) atoms. The number of nitrogens with one attached hydrogen (secondary N) is 3. The van der Waals surface area contributed by atoms with Crippen molar-refractivity contribution in [1.29, 1.82) is 0 Å². The maximum Gasteiger partial charge on any atom is 0.148 e. The van der Waals surface area contributed by atoms with Crippen LogP contribution in [0.5, 0.6) is 0 Å². The van der Waals surface area contributed by atoms with Gasteiger partial charge in [0.05, 0.1) is 5.69 Å². The number of hydrogen-bond acceptors (Lipinski definition) is 4. The summed E-state index contributed by atoms with van der Waals surface area (Å²) in [5.41, 5.74) is 1.85. The first-order valence-electron chi connectivity index (χ1n) is 6.01. The zero-order valence-corrected chi connectivity index (χ0v) is 11.0. The molecule has 5 nitrogen and oxygen atoms in total. The molecule has 2 aromatic heterocycles. The molecule has 5 heteroatoms. The van der Waals surface area contributed by atoms with E-state index < -0.39 is 0 Å². The van der Waals surface area contributed by atoms with Gasteiger partial charge in [0.2, 0.25) is 0 Å². The van der Waals surface area contributed by atoms with Crippen LogP contribution >= 0.6 is 0 Å². The summed E-state index contributed by atoms with van der Waals surface area (Å²) in [5.74, 6) is 0.786. The third-order valence-electron chi connectivity index (χ3n) is 2.93. The lowest BCUT2D eigenvalue weighted by Crippen LogP contribution is -2.42. The fraction of sp³-hybridized carbons (Fsp3) is 0.385. The van der Waals surface area contributed by atoms with Crippen LogP contribution in [0.15, 0.2) is 30.5 Å². The van der Waals surface area contributed by atoms with Crippen LogP contribution in [-0.4, -0.2) is 34.3 Å². The van der Waals surface area contributed by atoms with Crippen molar-refractivity contribution in [1.82, 2.24) is 20.5 Å². The highest BCUT2D eigenvalue weighted by Crippen LogP contribution is 2.14. The lowest BCUT2D eigenvalue weighted by molar-refractivity contribution is 0.447. The van der Waals surface area contributed by atoms with E-state index >= 15 is 0 Å². The van der Waals surface area contributed by atoms with Crippen molar-refractivity contribution in [2.24, 2.45) is 0 Å². The zero-order valence-electron chi connectivity index (χ0n) is 11.0. The first kappa shape index (κ1) is 12.6. The van der Waals surface area contributed by atoms with Gasteiger partial charge in [0.15, 0.2) is 0 Å². The topological polar surface area (TPSA) is 65.6 Å². The van der Waals surface area contributed by atoms with Crippen molar-refractivity contribution < 1.29 is 0 Å². The van der Waals surface area contributed by atoms with Crippen LogP contribution in [0.4, 0.5) is 5.82 Å². The van der Waals surface area contributed by atoms with Gasteiger partial charge < -0.3 is 15.6 Å². The molecule has 0 saturated heterocycles. The first-order valence-corrected chi connectivity index (χ1v) is 6.01. The fourth-order valence-electron chi connectivity index (χ4n) is 1.46. The van der Waals surface area contributed by atoms with Crippen LogP contribution in [0, 0.1) is 0 Å². The summed E-state index contributed by atoms with van der Waals surface area (Å²) >= 11 is 0. The molecule has 0 atom stereocenters. The second-order valence-electron chi connectivity index (χ2n) is 4.88. The summed E-state index contributed by atoms with van der Waals surface area (Å²) in [7, 11) is 1.95. The predicted molar refractivity (Wildman–Crippen MR) is 73.4 cm³/mol. The summed E-state index contributed by atoms with van der Waals surface area (Å²) in [4.78, 5) is 3.11. The monoisotopic (exact) mass is 245 g/mol. The van der Waals surface area contributed by atoms with Gasteiger partial charge in [-0.25, -0.2) is 0 Å². The van der Waals surface area contributed by atoms with Gasteiger partial charge in [-0.2, -0.15) is 0 Å². The number of anilines is 1. The Kier molecular flexibility index (Phi) is 3.62. The third-order valence-corrected chi connectivity index (χ3v) is 2.93. The smallest absolute Gasteiger partial charge is 0.148 e. The fourth-order valence-corrected chi connectivity index (χ4v) is 1.46. The maximum absolute atomic E-state index is 4.18. The van der Waals surface area contributed by atoms with Gasteiger partial charge in [0, 0.05) is 18.3 Å². The number of aromatic amines is 1. The molecule has 0 amide bonds. The molecular formula is C13H19N5. The molecule has 0 unspecified atom stereocenters. The normalized spacial score (nSPS) is 11.5. The number of rotatable bonds is 5. The lowest BCUT2D eigenvalue weighted by atomic mass is 10.1. The van der Waals surface area contributed by atoms with E-state index in [0.717, 1.165) is 23.8 Å². The van der Waals surface area contributed by atoms with Crippen molar-refractivity contribution in [3.63, 3.8) is 0 Å². The van der Waals surface area contributed by atoms with Crippen molar-refractivity contribution in [3.8, 4) is 11.4 Å². The van der Waals surface area contributed by atoms with Crippen LogP contribution in [0.2, 0.25) is 0 Å². The Balaban J connectivity index is 2.00. The average molecular weight is 245 g/mol. The number of nitrogens with zero attached hydrogens (tertiary/aromatic N) is 2. The molecule has 3 N–H and O–H groups in total. The molecule has 2 aromatic rings. The zero-order chi connectivity index (χ0) is 13.0. The van der Waals surface area contributed by atoms with E-state index in [-0.39, 0.29) is 5.54 Å². The minimum atomic E-state index is 0.0276. The van der Waals surface area contributed by atoms with E-state index in [1.165, 1.54) is 0 Å². The standard InChI is InChI=1S/C13H19N5/c1-13(2,14-3)9-16-12-7-6-11(17-18-12)10-5-4-8-15-10/h4-8,14-15H,9H2,1-3H3,(H,16,18). The predicted octanol–water partition coefficient (Wildman–Crippen LogP) is 1.88. The molecule has 0 aliphatic carbocycles. The maximum atomic E-state index is 4.18. The second kappa shape index (κ2) is 5.18. The highest BCUT2D eigenvalue weighted by molar-refractivity contribution is 5.54. The van der Waals surface area contributed by atoms with Gasteiger partial charge in [-0.05, 0) is 45.2 Å². The largest absolute Gasteiger partial charge is 0.367 e. The minimum Gasteiger partial charge on any atom is -0.367 e. The van der Waals surface area contributed by atoms with Gasteiger partial charge in [-0.3, -0.25) is 0 Å². The molecular weight excluding hydrogens is 226 g/mol. The molecule has 0 spiro atoms. The van der Waals surface area contributed by atoms with Gasteiger partial charge in [0.1, 0.15) is 11.5 Å². The summed E-state index contributed by atoms with van der Waals surface area (Å²) in [5, 5.41) is 14.8. The van der Waals surface area contributed by atoms with E-state index in [1.54, 1.807) is 0 Å². The van der Waals surface area contributed by atoms with Gasteiger partial charge in [-0.1, -0.05) is 0 Å². The van der Waals surface area contributed by atoms with E-state index in [9.17, 15) is 0 Å². The highest BCUT2D eigenvalue weighted by Gasteiger charge is 2.14. The molecule has 0 aliphatic rings. The molecule has 0 radical (unpaired) electrons. The Morgan fingerprint density at radius 3 is 2.61 bits per heavy atom. The van der Waals surface area contributed by atoms with Crippen LogP contribution in [0.25, 0.3) is 11.4 Å². The Morgan fingerprint density at radius 2 is 2.06 bits per heavy atom. The molecule has 96 valence electrons. The molecule has 2 heterocycles. The molecule has 0 aliphatic heterocycles. The molecule has 0 fully saturated rings. The molecule has 0 bridgehead atoms. The SMILES string of the molecule is CNC(C)(C)CNc1ccc(-c2ccc[nH]2)nn1. The average Bonchev–Trinajstić information content (AvgIpc) is 2.91. The molecule has 0 aromatic carbocycles. The minimum absolute atomic E-state index is 0.0276. The van der Waals surface area contributed by atoms with Gasteiger partial charge in [0.25, 0.3) is 0 Å². The Hall–Kier alpha value is -1.88. The van der Waals surface area contributed by atoms with Crippen molar-refractivity contribution >= 4 is 5.82 Å². The summed E-state index contributed by atoms with van der Waals surface area (Å²) < 4.78 is 0. The summed E-state index contributed by atoms with van der Waals surface area (Å²) in [6.45, 7) is 5.04. The number of aromatic nitrogens is 3. The first-order chi connectivity index (χ1) is 8.61. The molecule has 2 rings (SSSR count). The molecule has 0 saturated carbocycles. The number of H-pyrrole nitrogens is 1. The van der Waals surface area contributed by atoms with E-state index in [2.05, 4.69) is 39.7 Å². The second-order valence-corrected chi connectivity index (χ2v) is 4.88. The van der Waals surface area contributed by atoms with Crippen LogP contribution < -0.4 is 10.6 Å². The lowest BCUT2D eigenvalue weighted by Gasteiger charge is -2.24. The van der Waals surface area contributed by atoms with E-state index in [0.29, 0.717) is 0 Å². The number of likely N-dealkylation sites (N-methyl/N-ethyl adjacent to an activating group) is 1. The summed E-state index contributed by atoms with van der Waals surface area (Å²) in [6, 6.07) is 7.81. The van der Waals surface area contributed by atoms with Crippen molar-refractivity contribution in [2.45, 2.75) is 19.4 Å². The van der Waals surface area contributed by atoms with E-state index in [4.69, 9.17) is 0 Å². The Bertz CT molecular complexity index is 473. The highest BCUT2D eigenvalue weighted by atomic mass is 15.2. The van der Waals surface area contributed by atoms with Crippen molar-refractivity contribution in [2.75, 3.05) is 18.9 Å². The Labute approximate surface area is 107 Å².